The lowest BCUT2D eigenvalue weighted by atomic mass is 10.2. The van der Waals surface area contributed by atoms with E-state index >= 15 is 0 Å². The smallest absolute Gasteiger partial charge is 0.264 e. The van der Waals surface area contributed by atoms with Crippen LogP contribution in [0.3, 0.4) is 0 Å². The number of nitrogens with zero attached hydrogens (tertiary/aromatic N) is 4. The van der Waals surface area contributed by atoms with E-state index in [1.54, 1.807) is 24.5 Å². The molecule has 5 nitrogen and oxygen atoms in total. The Kier molecular flexibility index (Phi) is 2.22. The van der Waals surface area contributed by atoms with Gasteiger partial charge in [0.2, 0.25) is 0 Å². The third kappa shape index (κ3) is 1.61. The number of aromatic nitrogens is 3. The van der Waals surface area contributed by atoms with E-state index in [1.807, 2.05) is 6.07 Å². The van der Waals surface area contributed by atoms with E-state index in [1.165, 1.54) is 6.20 Å². The molecule has 0 aliphatic heterocycles. The zero-order valence-corrected chi connectivity index (χ0v) is 7.16. The lowest BCUT2D eigenvalue weighted by Gasteiger charge is -1.97. The predicted molar refractivity (Wildman–Crippen MR) is 50.7 cm³/mol. The van der Waals surface area contributed by atoms with Crippen molar-refractivity contribution in [3.05, 3.63) is 41.7 Å². The molecule has 14 heavy (non-hydrogen) atoms. The minimum absolute atomic E-state index is 0.0636. The number of hydrogen-bond acceptors (Lipinski definition) is 5. The third-order valence-corrected chi connectivity index (χ3v) is 1.68. The van der Waals surface area contributed by atoms with Crippen LogP contribution in [-0.2, 0) is 0 Å². The van der Waals surface area contributed by atoms with E-state index in [0.717, 1.165) is 5.56 Å². The lowest BCUT2D eigenvalue weighted by Crippen LogP contribution is -1.85. The molecular weight excluding hydrogens is 180 g/mol. The van der Waals surface area contributed by atoms with E-state index in [-0.39, 0.29) is 5.95 Å². The summed E-state index contributed by atoms with van der Waals surface area (Å²) in [4.78, 5) is 21.8. The Morgan fingerprint density at radius 2 is 2.14 bits per heavy atom. The fourth-order valence-corrected chi connectivity index (χ4v) is 1.07. The second kappa shape index (κ2) is 3.69. The summed E-state index contributed by atoms with van der Waals surface area (Å²) >= 11 is 0. The molecule has 0 spiro atoms. The van der Waals surface area contributed by atoms with Gasteiger partial charge in [-0.2, -0.15) is 0 Å². The zero-order chi connectivity index (χ0) is 9.80. The summed E-state index contributed by atoms with van der Waals surface area (Å²) in [5, 5.41) is 2.66. The van der Waals surface area contributed by atoms with Gasteiger partial charge >= 0.3 is 0 Å². The standard InChI is InChI=1S/C9H6N4O/c14-13-9-11-5-3-8(12-9)7-2-1-4-10-6-7/h1-6H. The van der Waals surface area contributed by atoms with Gasteiger partial charge in [-0.1, -0.05) is 0 Å². The second-order valence-electron chi connectivity index (χ2n) is 2.57. The van der Waals surface area contributed by atoms with Crippen LogP contribution in [0.25, 0.3) is 11.3 Å². The van der Waals surface area contributed by atoms with E-state index in [9.17, 15) is 4.91 Å². The highest BCUT2D eigenvalue weighted by Gasteiger charge is 2.00. The fourth-order valence-electron chi connectivity index (χ4n) is 1.07. The van der Waals surface area contributed by atoms with Crippen LogP contribution >= 0.6 is 0 Å². The normalized spacial score (nSPS) is 9.71. The van der Waals surface area contributed by atoms with Crippen LogP contribution in [0.1, 0.15) is 0 Å². The summed E-state index contributed by atoms with van der Waals surface area (Å²) in [6.45, 7) is 0. The van der Waals surface area contributed by atoms with Crippen molar-refractivity contribution in [3.8, 4) is 11.3 Å². The van der Waals surface area contributed by atoms with E-state index in [4.69, 9.17) is 0 Å². The molecule has 0 saturated carbocycles. The van der Waals surface area contributed by atoms with Crippen LogP contribution in [0.5, 0.6) is 0 Å². The van der Waals surface area contributed by atoms with Crippen LogP contribution in [0.15, 0.2) is 42.0 Å². The summed E-state index contributed by atoms with van der Waals surface area (Å²) in [7, 11) is 0. The van der Waals surface area contributed by atoms with Gasteiger partial charge in [-0.05, 0) is 18.2 Å². The zero-order valence-electron chi connectivity index (χ0n) is 7.16. The van der Waals surface area contributed by atoms with Crippen molar-refractivity contribution in [2.45, 2.75) is 0 Å². The molecule has 2 aromatic rings. The number of pyridine rings is 1. The molecule has 2 rings (SSSR count). The molecule has 0 aliphatic rings. The van der Waals surface area contributed by atoms with Gasteiger partial charge < -0.3 is 0 Å². The molecule has 0 aliphatic carbocycles. The van der Waals surface area contributed by atoms with Crippen LogP contribution in [0, 0.1) is 4.91 Å². The third-order valence-electron chi connectivity index (χ3n) is 1.68. The van der Waals surface area contributed by atoms with Crippen molar-refractivity contribution in [3.63, 3.8) is 0 Å². The first-order valence-corrected chi connectivity index (χ1v) is 3.97. The Balaban J connectivity index is 2.47. The van der Waals surface area contributed by atoms with Crippen molar-refractivity contribution in [2.24, 2.45) is 5.18 Å². The van der Waals surface area contributed by atoms with Crippen molar-refractivity contribution in [1.82, 2.24) is 15.0 Å². The minimum Gasteiger partial charge on any atom is -0.264 e. The molecular formula is C9H6N4O. The van der Waals surface area contributed by atoms with Crippen LogP contribution in [0.4, 0.5) is 5.95 Å². The van der Waals surface area contributed by atoms with E-state index in [0.29, 0.717) is 5.69 Å². The first-order valence-electron chi connectivity index (χ1n) is 3.97. The molecule has 68 valence electrons. The summed E-state index contributed by atoms with van der Waals surface area (Å²) in [6, 6.07) is 5.35. The summed E-state index contributed by atoms with van der Waals surface area (Å²) in [6.07, 6.45) is 4.83. The monoisotopic (exact) mass is 186 g/mol. The van der Waals surface area contributed by atoms with Gasteiger partial charge in [0, 0.05) is 29.3 Å². The first kappa shape index (κ1) is 8.43. The maximum Gasteiger partial charge on any atom is 0.291 e. The van der Waals surface area contributed by atoms with Crippen molar-refractivity contribution in [2.75, 3.05) is 0 Å². The second-order valence-corrected chi connectivity index (χ2v) is 2.57. The Labute approximate surface area is 79.8 Å². The van der Waals surface area contributed by atoms with Gasteiger partial charge in [0.05, 0.1) is 5.69 Å². The molecule has 0 atom stereocenters. The highest BCUT2D eigenvalue weighted by Crippen LogP contribution is 2.16. The van der Waals surface area contributed by atoms with Gasteiger partial charge in [-0.15, -0.1) is 4.91 Å². The Morgan fingerprint density at radius 3 is 2.86 bits per heavy atom. The van der Waals surface area contributed by atoms with Crippen molar-refractivity contribution >= 4 is 5.95 Å². The fraction of sp³-hybridized carbons (Fsp3) is 0. The Morgan fingerprint density at radius 1 is 1.21 bits per heavy atom. The summed E-state index contributed by atoms with van der Waals surface area (Å²) in [5.74, 6) is -0.0636. The molecule has 0 unspecified atom stereocenters. The first-order chi connectivity index (χ1) is 6.90. The largest absolute Gasteiger partial charge is 0.291 e. The number of nitroso groups, excluding NO2 is 1. The highest BCUT2D eigenvalue weighted by molar-refractivity contribution is 5.57. The Bertz CT molecular complexity index is 444. The quantitative estimate of drug-likeness (QED) is 0.672. The molecule has 0 fully saturated rings. The van der Waals surface area contributed by atoms with Gasteiger partial charge in [-0.3, -0.25) is 4.98 Å². The predicted octanol–water partition coefficient (Wildman–Crippen LogP) is 1.94. The molecule has 0 radical (unpaired) electrons. The number of hydrogen-bond donors (Lipinski definition) is 0. The molecule has 0 aromatic carbocycles. The number of rotatable bonds is 2. The summed E-state index contributed by atoms with van der Waals surface area (Å²) < 4.78 is 0. The van der Waals surface area contributed by atoms with Gasteiger partial charge in [0.25, 0.3) is 5.95 Å². The Hall–Kier alpha value is -2.17. The van der Waals surface area contributed by atoms with Crippen LogP contribution in [-0.4, -0.2) is 15.0 Å². The van der Waals surface area contributed by atoms with Crippen molar-refractivity contribution < 1.29 is 0 Å². The SMILES string of the molecule is O=Nc1nccc(-c2cccnc2)n1. The van der Waals surface area contributed by atoms with Gasteiger partial charge in [0.15, 0.2) is 0 Å². The van der Waals surface area contributed by atoms with Crippen molar-refractivity contribution in [1.29, 1.82) is 0 Å². The molecule has 2 aromatic heterocycles. The van der Waals surface area contributed by atoms with Crippen LogP contribution in [0.2, 0.25) is 0 Å². The molecule has 2 heterocycles. The average molecular weight is 186 g/mol. The summed E-state index contributed by atoms with van der Waals surface area (Å²) in [5.41, 5.74) is 1.47. The van der Waals surface area contributed by atoms with Gasteiger partial charge in [0.1, 0.15) is 0 Å². The van der Waals surface area contributed by atoms with E-state index < -0.39 is 0 Å². The lowest BCUT2D eigenvalue weighted by molar-refractivity contribution is 1.13. The molecule has 0 bridgehead atoms. The maximum atomic E-state index is 10.2. The molecule has 0 N–H and O–H groups in total. The average Bonchev–Trinajstić information content (AvgIpc) is 2.30. The molecule has 5 heteroatoms. The minimum atomic E-state index is -0.0636. The maximum absolute atomic E-state index is 10.2. The molecule has 0 amide bonds. The van der Waals surface area contributed by atoms with Gasteiger partial charge in [-0.25, -0.2) is 9.97 Å². The van der Waals surface area contributed by atoms with E-state index in [2.05, 4.69) is 20.1 Å². The topological polar surface area (TPSA) is 68.1 Å². The molecule has 0 saturated heterocycles. The van der Waals surface area contributed by atoms with Crippen LogP contribution < -0.4 is 0 Å². The highest BCUT2D eigenvalue weighted by atomic mass is 16.3.